The lowest BCUT2D eigenvalue weighted by molar-refractivity contribution is -0.125. The van der Waals surface area contributed by atoms with E-state index < -0.39 is 9.84 Å². The fraction of sp³-hybridized carbons (Fsp3) is 0.304. The molecular weight excluding hydrogens is 448 g/mol. The number of likely N-dealkylation sites (N-methyl/N-ethyl adjacent to an activating group) is 1. The molecule has 2 aromatic rings. The van der Waals surface area contributed by atoms with Crippen LogP contribution in [0.2, 0.25) is 5.02 Å². The lowest BCUT2D eigenvalue weighted by Gasteiger charge is -2.15. The number of aliphatic imine (C=N–C) groups is 1. The molecule has 0 saturated carbocycles. The predicted molar refractivity (Wildman–Crippen MR) is 128 cm³/mol. The third kappa shape index (κ3) is 6.18. The highest BCUT2D eigenvalue weighted by atomic mass is 35.5. The van der Waals surface area contributed by atoms with E-state index in [0.29, 0.717) is 17.1 Å². The smallest absolute Gasteiger partial charge is 0.246 e. The number of carbonyl (C=O) groups is 1. The Hall–Kier alpha value is -2.68. The molecule has 0 unspecified atom stereocenters. The summed E-state index contributed by atoms with van der Waals surface area (Å²) in [6.45, 7) is 4.06. The van der Waals surface area contributed by atoms with Crippen LogP contribution in [0, 0.1) is 6.92 Å². The fourth-order valence-electron chi connectivity index (χ4n) is 3.28. The molecule has 1 amide bonds. The average molecular weight is 475 g/mol. The van der Waals surface area contributed by atoms with Gasteiger partial charge < -0.3 is 10.2 Å². The van der Waals surface area contributed by atoms with Crippen molar-refractivity contribution >= 4 is 33.2 Å². The molecule has 170 valence electrons. The molecule has 0 spiro atoms. The Morgan fingerprint density at radius 2 is 2.00 bits per heavy atom. The van der Waals surface area contributed by atoms with Crippen molar-refractivity contribution in [1.29, 1.82) is 0 Å². The summed E-state index contributed by atoms with van der Waals surface area (Å²) in [4.78, 5) is 18.5. The monoisotopic (exact) mass is 474 g/mol. The minimum Gasteiger partial charge on any atom is -0.368 e. The van der Waals surface area contributed by atoms with Gasteiger partial charge in [-0.05, 0) is 30.2 Å². The number of benzene rings is 2. The van der Waals surface area contributed by atoms with Gasteiger partial charge in [-0.25, -0.2) is 8.42 Å². The van der Waals surface area contributed by atoms with Gasteiger partial charge in [-0.15, -0.1) is 0 Å². The van der Waals surface area contributed by atoms with E-state index in [1.807, 2.05) is 24.3 Å². The summed E-state index contributed by atoms with van der Waals surface area (Å²) in [5, 5.41) is 6.49. The van der Waals surface area contributed by atoms with Gasteiger partial charge in [0.05, 0.1) is 11.4 Å². The first-order chi connectivity index (χ1) is 15.3. The number of rotatable bonds is 9. The number of halogens is 1. The molecule has 1 heterocycles. The van der Waals surface area contributed by atoms with Crippen LogP contribution in [0.25, 0.3) is 0 Å². The Morgan fingerprint density at radius 3 is 2.69 bits per heavy atom. The highest BCUT2D eigenvalue weighted by Gasteiger charge is 2.17. The molecule has 0 aliphatic carbocycles. The summed E-state index contributed by atoms with van der Waals surface area (Å²) in [7, 11) is -1.79. The Bertz CT molecular complexity index is 1130. The van der Waals surface area contributed by atoms with Crippen molar-refractivity contribution in [2.75, 3.05) is 32.6 Å². The maximum absolute atomic E-state index is 12.5. The average Bonchev–Trinajstić information content (AvgIpc) is 3.30. The predicted octanol–water partition coefficient (Wildman–Crippen LogP) is 2.53. The van der Waals surface area contributed by atoms with Crippen molar-refractivity contribution in [1.82, 2.24) is 15.5 Å². The molecule has 0 saturated heterocycles. The summed E-state index contributed by atoms with van der Waals surface area (Å²) in [6, 6.07) is 12.8. The van der Waals surface area contributed by atoms with Crippen molar-refractivity contribution < 1.29 is 13.2 Å². The van der Waals surface area contributed by atoms with Gasteiger partial charge in [0.25, 0.3) is 0 Å². The molecular formula is C23H27ClN4O3S. The summed E-state index contributed by atoms with van der Waals surface area (Å²) in [5.41, 5.74) is 2.58. The number of hydrogen-bond donors (Lipinski definition) is 2. The van der Waals surface area contributed by atoms with Crippen molar-refractivity contribution in [3.63, 3.8) is 0 Å². The Labute approximate surface area is 194 Å². The number of nitrogens with one attached hydrogen (secondary N) is 2. The maximum Gasteiger partial charge on any atom is 0.246 e. The highest BCUT2D eigenvalue weighted by molar-refractivity contribution is 7.91. The van der Waals surface area contributed by atoms with Crippen LogP contribution in [0.15, 0.2) is 64.5 Å². The van der Waals surface area contributed by atoms with E-state index in [2.05, 4.69) is 15.6 Å². The molecule has 0 fully saturated rings. The SMILES string of the molecule is Cc1c(Cl)cccc1S(=O)(=O)CNCC=CC(=O)N(C)Cc1ccc(C2=NCCN2)cc1. The Kier molecular flexibility index (Phi) is 8.06. The summed E-state index contributed by atoms with van der Waals surface area (Å²) >= 11 is 6.02. The molecule has 2 N–H and O–H groups in total. The number of hydrogen-bond acceptors (Lipinski definition) is 6. The van der Waals surface area contributed by atoms with E-state index in [1.54, 1.807) is 37.1 Å². The van der Waals surface area contributed by atoms with Crippen LogP contribution in [0.5, 0.6) is 0 Å². The number of nitrogens with zero attached hydrogens (tertiary/aromatic N) is 2. The van der Waals surface area contributed by atoms with Crippen LogP contribution >= 0.6 is 11.6 Å². The largest absolute Gasteiger partial charge is 0.368 e. The van der Waals surface area contributed by atoms with Crippen molar-refractivity contribution in [3.05, 3.63) is 76.3 Å². The van der Waals surface area contributed by atoms with Gasteiger partial charge in [-0.2, -0.15) is 0 Å². The molecule has 3 rings (SSSR count). The second kappa shape index (κ2) is 10.8. The quantitative estimate of drug-likeness (QED) is 0.430. The fourth-order valence-corrected chi connectivity index (χ4v) is 4.91. The van der Waals surface area contributed by atoms with Crippen molar-refractivity contribution in [2.45, 2.75) is 18.4 Å². The first-order valence-electron chi connectivity index (χ1n) is 10.3. The molecule has 0 aromatic heterocycles. The van der Waals surface area contributed by atoms with E-state index in [0.717, 1.165) is 30.1 Å². The van der Waals surface area contributed by atoms with Crippen LogP contribution in [-0.2, 0) is 21.2 Å². The van der Waals surface area contributed by atoms with Gasteiger partial charge in [0.2, 0.25) is 5.91 Å². The zero-order valence-electron chi connectivity index (χ0n) is 18.1. The molecule has 1 aliphatic rings. The van der Waals surface area contributed by atoms with Gasteiger partial charge >= 0.3 is 0 Å². The topological polar surface area (TPSA) is 90.9 Å². The summed E-state index contributed by atoms with van der Waals surface area (Å²) < 4.78 is 25.0. The zero-order valence-corrected chi connectivity index (χ0v) is 19.7. The van der Waals surface area contributed by atoms with Gasteiger partial charge in [0.15, 0.2) is 9.84 Å². The second-order valence-corrected chi connectivity index (χ2v) is 9.89. The lowest BCUT2D eigenvalue weighted by atomic mass is 10.1. The Balaban J connectivity index is 1.46. The van der Waals surface area contributed by atoms with Crippen LogP contribution in [-0.4, -0.2) is 57.6 Å². The standard InChI is InChI=1S/C23H27ClN4O3S/c1-17-20(24)5-3-6-21(17)32(30,31)16-25-12-4-7-22(29)28(2)15-18-8-10-19(11-9-18)23-26-13-14-27-23/h3-11,25H,12-16H2,1-2H3,(H,26,27). The molecule has 32 heavy (non-hydrogen) atoms. The third-order valence-electron chi connectivity index (χ3n) is 5.07. The first-order valence-corrected chi connectivity index (χ1v) is 12.3. The second-order valence-electron chi connectivity index (χ2n) is 7.53. The summed E-state index contributed by atoms with van der Waals surface area (Å²) in [6.07, 6.45) is 3.06. The highest BCUT2D eigenvalue weighted by Crippen LogP contribution is 2.23. The molecule has 0 atom stereocenters. The van der Waals surface area contributed by atoms with E-state index in [1.165, 1.54) is 12.1 Å². The number of sulfone groups is 1. The molecule has 1 aliphatic heterocycles. The number of amidine groups is 1. The molecule has 9 heteroatoms. The minimum atomic E-state index is -3.52. The van der Waals surface area contributed by atoms with Crippen LogP contribution in [0.3, 0.4) is 0 Å². The number of carbonyl (C=O) groups excluding carboxylic acids is 1. The molecule has 0 bridgehead atoms. The van der Waals surface area contributed by atoms with E-state index in [-0.39, 0.29) is 23.2 Å². The van der Waals surface area contributed by atoms with E-state index in [9.17, 15) is 13.2 Å². The van der Waals surface area contributed by atoms with Gasteiger partial charge in [-0.3, -0.25) is 15.1 Å². The van der Waals surface area contributed by atoms with Crippen LogP contribution in [0.4, 0.5) is 0 Å². The molecule has 0 radical (unpaired) electrons. The third-order valence-corrected chi connectivity index (χ3v) is 7.17. The first kappa shape index (κ1) is 24.0. The van der Waals surface area contributed by atoms with Crippen LogP contribution < -0.4 is 10.6 Å². The van der Waals surface area contributed by atoms with Crippen LogP contribution in [0.1, 0.15) is 16.7 Å². The Morgan fingerprint density at radius 1 is 1.25 bits per heavy atom. The van der Waals surface area contributed by atoms with Crippen molar-refractivity contribution in [3.8, 4) is 0 Å². The minimum absolute atomic E-state index is 0.161. The van der Waals surface area contributed by atoms with Crippen molar-refractivity contribution in [2.24, 2.45) is 4.99 Å². The normalized spacial score (nSPS) is 13.8. The number of amides is 1. The molecule has 7 nitrogen and oxygen atoms in total. The van der Waals surface area contributed by atoms with Gasteiger partial charge in [0, 0.05) is 43.3 Å². The van der Waals surface area contributed by atoms with Gasteiger partial charge in [0.1, 0.15) is 11.7 Å². The van der Waals surface area contributed by atoms with Gasteiger partial charge in [-0.1, -0.05) is 48.0 Å². The zero-order chi connectivity index (χ0) is 23.1. The van der Waals surface area contributed by atoms with E-state index in [4.69, 9.17) is 11.6 Å². The molecule has 2 aromatic carbocycles. The van der Waals surface area contributed by atoms with E-state index >= 15 is 0 Å². The maximum atomic E-state index is 12.5. The summed E-state index contributed by atoms with van der Waals surface area (Å²) in [5.74, 6) is 0.505. The lowest BCUT2D eigenvalue weighted by Crippen LogP contribution is -2.26.